The summed E-state index contributed by atoms with van der Waals surface area (Å²) in [4.78, 5) is 21.7. The number of hydrogen-bond acceptors (Lipinski definition) is 3. The van der Waals surface area contributed by atoms with E-state index in [-0.39, 0.29) is 11.6 Å². The summed E-state index contributed by atoms with van der Waals surface area (Å²) < 4.78 is 5.26. The second-order valence-electron chi connectivity index (χ2n) is 6.33. The lowest BCUT2D eigenvalue weighted by molar-refractivity contribution is -0.154. The summed E-state index contributed by atoms with van der Waals surface area (Å²) in [5, 5.41) is 0. The van der Waals surface area contributed by atoms with E-state index in [0.29, 0.717) is 12.8 Å². The molecule has 3 nitrogen and oxygen atoms in total. The average Bonchev–Trinajstić information content (AvgIpc) is 2.98. The van der Waals surface area contributed by atoms with Gasteiger partial charge in [0.05, 0.1) is 0 Å². The molecule has 0 aromatic carbocycles. The van der Waals surface area contributed by atoms with Crippen LogP contribution in [-0.4, -0.2) is 17.9 Å². The molecule has 0 aromatic heterocycles. The lowest BCUT2D eigenvalue weighted by Gasteiger charge is -2.19. The highest BCUT2D eigenvalue weighted by Crippen LogP contribution is 2.45. The van der Waals surface area contributed by atoms with Crippen LogP contribution in [0.4, 0.5) is 0 Å². The zero-order chi connectivity index (χ0) is 13.6. The maximum atomic E-state index is 11.5. The van der Waals surface area contributed by atoms with Crippen molar-refractivity contribution in [2.45, 2.75) is 71.3 Å². The monoisotopic (exact) mass is 254 g/mol. The van der Waals surface area contributed by atoms with E-state index in [2.05, 4.69) is 0 Å². The van der Waals surface area contributed by atoms with E-state index in [9.17, 15) is 9.59 Å². The Morgan fingerprint density at radius 2 is 1.89 bits per heavy atom. The van der Waals surface area contributed by atoms with Crippen LogP contribution in [0.1, 0.15) is 65.7 Å². The summed E-state index contributed by atoms with van der Waals surface area (Å²) in [7, 11) is 0. The van der Waals surface area contributed by atoms with E-state index in [1.165, 1.54) is 12.8 Å². The third-order valence-corrected chi connectivity index (χ3v) is 3.35. The van der Waals surface area contributed by atoms with Crippen LogP contribution in [0.5, 0.6) is 0 Å². The van der Waals surface area contributed by atoms with Crippen molar-refractivity contribution in [2.75, 3.05) is 0 Å². The minimum atomic E-state index is -0.368. The molecule has 1 fully saturated rings. The Bertz CT molecular complexity index is 278. The fourth-order valence-corrected chi connectivity index (χ4v) is 2.37. The van der Waals surface area contributed by atoms with Crippen molar-refractivity contribution in [1.29, 1.82) is 0 Å². The van der Waals surface area contributed by atoms with E-state index in [0.717, 1.165) is 37.4 Å². The quantitative estimate of drug-likeness (QED) is 0.378. The van der Waals surface area contributed by atoms with Crippen molar-refractivity contribution in [3.8, 4) is 0 Å². The van der Waals surface area contributed by atoms with Gasteiger partial charge in [-0.1, -0.05) is 12.8 Å². The molecule has 0 spiro atoms. The fourth-order valence-electron chi connectivity index (χ4n) is 2.37. The standard InChI is InChI=1S/C15H26O3/c1-15(2,3)18-14(17)9-5-4-7-12-11-13(12)8-6-10-16/h10,12-13H,4-9,11H2,1-3H3/t12-,13+/m1/s1. The number of carbonyl (C=O) groups excluding carboxylic acids is 2. The predicted octanol–water partition coefficient (Wildman–Crippen LogP) is 3.50. The molecular weight excluding hydrogens is 228 g/mol. The summed E-state index contributed by atoms with van der Waals surface area (Å²) in [5.74, 6) is 1.50. The predicted molar refractivity (Wildman–Crippen MR) is 71.2 cm³/mol. The van der Waals surface area contributed by atoms with Crippen molar-refractivity contribution in [1.82, 2.24) is 0 Å². The minimum absolute atomic E-state index is 0.0872. The van der Waals surface area contributed by atoms with Crippen LogP contribution < -0.4 is 0 Å². The molecule has 0 aromatic rings. The summed E-state index contributed by atoms with van der Waals surface area (Å²) >= 11 is 0. The van der Waals surface area contributed by atoms with Crippen LogP contribution in [0.2, 0.25) is 0 Å². The van der Waals surface area contributed by atoms with Gasteiger partial charge in [0.25, 0.3) is 0 Å². The molecule has 1 aliphatic carbocycles. The summed E-state index contributed by atoms with van der Waals surface area (Å²) in [5.41, 5.74) is -0.368. The lowest BCUT2D eigenvalue weighted by Crippen LogP contribution is -2.23. The van der Waals surface area contributed by atoms with Gasteiger partial charge in [-0.15, -0.1) is 0 Å². The van der Waals surface area contributed by atoms with Crippen LogP contribution >= 0.6 is 0 Å². The summed E-state index contributed by atoms with van der Waals surface area (Å²) in [6, 6.07) is 0. The van der Waals surface area contributed by atoms with Gasteiger partial charge in [-0.05, 0) is 51.9 Å². The molecule has 0 N–H and O–H groups in total. The first kappa shape index (κ1) is 15.2. The van der Waals surface area contributed by atoms with Crippen molar-refractivity contribution in [3.63, 3.8) is 0 Å². The highest BCUT2D eigenvalue weighted by atomic mass is 16.6. The Balaban J connectivity index is 1.97. The summed E-state index contributed by atoms with van der Waals surface area (Å²) in [6.45, 7) is 5.69. The van der Waals surface area contributed by atoms with Crippen molar-refractivity contribution in [2.24, 2.45) is 11.8 Å². The number of unbranched alkanes of at least 4 members (excludes halogenated alkanes) is 1. The average molecular weight is 254 g/mol. The summed E-state index contributed by atoms with van der Waals surface area (Å²) in [6.07, 6.45) is 7.81. The second kappa shape index (κ2) is 6.91. The van der Waals surface area contributed by atoms with E-state index in [4.69, 9.17) is 4.74 Å². The Labute approximate surface area is 110 Å². The molecule has 1 rings (SSSR count). The topological polar surface area (TPSA) is 43.4 Å². The zero-order valence-corrected chi connectivity index (χ0v) is 11.9. The number of ether oxygens (including phenoxy) is 1. The Morgan fingerprint density at radius 1 is 1.22 bits per heavy atom. The van der Waals surface area contributed by atoms with Gasteiger partial charge in [-0.2, -0.15) is 0 Å². The van der Waals surface area contributed by atoms with Gasteiger partial charge in [0.2, 0.25) is 0 Å². The maximum Gasteiger partial charge on any atom is 0.306 e. The highest BCUT2D eigenvalue weighted by Gasteiger charge is 2.35. The van der Waals surface area contributed by atoms with Crippen molar-refractivity contribution in [3.05, 3.63) is 0 Å². The van der Waals surface area contributed by atoms with Gasteiger partial charge in [-0.3, -0.25) is 4.79 Å². The normalized spacial score (nSPS) is 22.6. The molecule has 0 bridgehead atoms. The number of esters is 1. The van der Waals surface area contributed by atoms with Crippen molar-refractivity contribution >= 4 is 12.3 Å². The van der Waals surface area contributed by atoms with Gasteiger partial charge in [0, 0.05) is 12.8 Å². The molecule has 1 aliphatic rings. The van der Waals surface area contributed by atoms with Crippen molar-refractivity contribution < 1.29 is 14.3 Å². The van der Waals surface area contributed by atoms with Gasteiger partial charge in [-0.25, -0.2) is 0 Å². The SMILES string of the molecule is CC(C)(C)OC(=O)CCCC[C@@H]1C[C@@H]1CCC=O. The van der Waals surface area contributed by atoms with Gasteiger partial charge in [0.1, 0.15) is 11.9 Å². The second-order valence-corrected chi connectivity index (χ2v) is 6.33. The molecule has 0 amide bonds. The van der Waals surface area contributed by atoms with Crippen LogP contribution in [0.3, 0.4) is 0 Å². The minimum Gasteiger partial charge on any atom is -0.460 e. The number of carbonyl (C=O) groups is 2. The molecule has 1 saturated carbocycles. The number of hydrogen-bond donors (Lipinski definition) is 0. The number of aldehydes is 1. The zero-order valence-electron chi connectivity index (χ0n) is 11.9. The number of rotatable bonds is 8. The molecule has 0 unspecified atom stereocenters. The highest BCUT2D eigenvalue weighted by molar-refractivity contribution is 5.69. The molecule has 0 aliphatic heterocycles. The van der Waals surface area contributed by atoms with Crippen LogP contribution in [0, 0.1) is 11.8 Å². The van der Waals surface area contributed by atoms with Gasteiger partial charge < -0.3 is 9.53 Å². The molecule has 18 heavy (non-hydrogen) atoms. The smallest absolute Gasteiger partial charge is 0.306 e. The third kappa shape index (κ3) is 6.77. The van der Waals surface area contributed by atoms with Crippen LogP contribution in [0.25, 0.3) is 0 Å². The van der Waals surface area contributed by atoms with Crippen LogP contribution in [-0.2, 0) is 14.3 Å². The van der Waals surface area contributed by atoms with Gasteiger partial charge >= 0.3 is 5.97 Å². The maximum absolute atomic E-state index is 11.5. The first-order valence-electron chi connectivity index (χ1n) is 7.08. The first-order valence-corrected chi connectivity index (χ1v) is 7.08. The lowest BCUT2D eigenvalue weighted by atomic mass is 10.1. The molecule has 3 heteroatoms. The fraction of sp³-hybridized carbons (Fsp3) is 0.867. The molecule has 0 saturated heterocycles. The Hall–Kier alpha value is -0.860. The Kier molecular flexibility index (Phi) is 5.83. The van der Waals surface area contributed by atoms with E-state index in [1.807, 2.05) is 20.8 Å². The molecule has 0 radical (unpaired) electrons. The van der Waals surface area contributed by atoms with E-state index >= 15 is 0 Å². The van der Waals surface area contributed by atoms with E-state index in [1.54, 1.807) is 0 Å². The van der Waals surface area contributed by atoms with E-state index < -0.39 is 0 Å². The molecule has 0 heterocycles. The molecular formula is C15H26O3. The molecule has 2 atom stereocenters. The molecule has 104 valence electrons. The van der Waals surface area contributed by atoms with Gasteiger partial charge in [0.15, 0.2) is 0 Å². The van der Waals surface area contributed by atoms with Crippen LogP contribution in [0.15, 0.2) is 0 Å². The first-order chi connectivity index (χ1) is 8.42. The largest absolute Gasteiger partial charge is 0.460 e. The third-order valence-electron chi connectivity index (χ3n) is 3.35. The Morgan fingerprint density at radius 3 is 2.50 bits per heavy atom.